The maximum absolute atomic E-state index is 8.91. The van der Waals surface area contributed by atoms with Gasteiger partial charge in [0.2, 0.25) is 0 Å². The Labute approximate surface area is 101 Å². The normalized spacial score (nSPS) is 18.9. The van der Waals surface area contributed by atoms with Crippen LogP contribution in [0.1, 0.15) is 18.4 Å². The Morgan fingerprint density at radius 3 is 3.18 bits per heavy atom. The van der Waals surface area contributed by atoms with Crippen LogP contribution in [0.3, 0.4) is 0 Å². The van der Waals surface area contributed by atoms with Crippen LogP contribution in [-0.4, -0.2) is 31.3 Å². The van der Waals surface area contributed by atoms with Gasteiger partial charge in [0, 0.05) is 26.4 Å². The quantitative estimate of drug-likeness (QED) is 0.846. The van der Waals surface area contributed by atoms with Crippen molar-refractivity contribution in [3.8, 4) is 6.07 Å². The van der Waals surface area contributed by atoms with Gasteiger partial charge in [-0.15, -0.1) is 0 Å². The zero-order chi connectivity index (χ0) is 12.3. The first kappa shape index (κ1) is 11.7. The summed E-state index contributed by atoms with van der Waals surface area (Å²) in [5, 5.41) is 8.91. The van der Waals surface area contributed by atoms with Gasteiger partial charge in [0.15, 0.2) is 5.82 Å². The van der Waals surface area contributed by atoms with Crippen LogP contribution in [0, 0.1) is 11.3 Å². The van der Waals surface area contributed by atoms with E-state index < -0.39 is 0 Å². The van der Waals surface area contributed by atoms with Gasteiger partial charge < -0.3 is 15.4 Å². The molecule has 2 heterocycles. The first-order chi connectivity index (χ1) is 8.22. The van der Waals surface area contributed by atoms with E-state index in [0.717, 1.165) is 26.0 Å². The highest BCUT2D eigenvalue weighted by Crippen LogP contribution is 2.24. The van der Waals surface area contributed by atoms with Gasteiger partial charge in [0.05, 0.1) is 17.4 Å². The van der Waals surface area contributed by atoms with E-state index in [1.165, 1.54) is 0 Å². The molecule has 1 atom stereocenters. The molecule has 1 fully saturated rings. The van der Waals surface area contributed by atoms with Crippen molar-refractivity contribution in [3.05, 3.63) is 17.8 Å². The first-order valence-electron chi connectivity index (χ1n) is 5.69. The van der Waals surface area contributed by atoms with E-state index in [4.69, 9.17) is 15.7 Å². The lowest BCUT2D eigenvalue weighted by atomic mass is 10.2. The number of anilines is 2. The molecule has 17 heavy (non-hydrogen) atoms. The number of hydrogen-bond acceptors (Lipinski definition) is 5. The second-order valence-electron chi connectivity index (χ2n) is 4.22. The van der Waals surface area contributed by atoms with Gasteiger partial charge >= 0.3 is 0 Å². The van der Waals surface area contributed by atoms with Gasteiger partial charge in [-0.1, -0.05) is 0 Å². The second-order valence-corrected chi connectivity index (χ2v) is 4.22. The van der Waals surface area contributed by atoms with Crippen molar-refractivity contribution in [1.82, 2.24) is 4.98 Å². The van der Waals surface area contributed by atoms with Crippen LogP contribution in [-0.2, 0) is 4.74 Å². The smallest absolute Gasteiger partial charge is 0.152 e. The maximum atomic E-state index is 8.91. The highest BCUT2D eigenvalue weighted by atomic mass is 16.5. The number of nitriles is 1. The van der Waals surface area contributed by atoms with E-state index in [-0.39, 0.29) is 6.10 Å². The van der Waals surface area contributed by atoms with Crippen molar-refractivity contribution in [1.29, 1.82) is 5.26 Å². The molecule has 1 aliphatic heterocycles. The molecule has 1 unspecified atom stereocenters. The molecular weight excluding hydrogens is 216 g/mol. The van der Waals surface area contributed by atoms with Crippen LogP contribution in [0.4, 0.5) is 11.5 Å². The topological polar surface area (TPSA) is 75.2 Å². The van der Waals surface area contributed by atoms with E-state index in [1.54, 1.807) is 12.3 Å². The summed E-state index contributed by atoms with van der Waals surface area (Å²) in [6.07, 6.45) is 4.03. The van der Waals surface area contributed by atoms with E-state index in [2.05, 4.69) is 11.1 Å². The van der Waals surface area contributed by atoms with E-state index >= 15 is 0 Å². The Bertz CT molecular complexity index is 435. The minimum Gasteiger partial charge on any atom is -0.395 e. The molecule has 0 radical (unpaired) electrons. The van der Waals surface area contributed by atoms with Gasteiger partial charge in [-0.2, -0.15) is 5.26 Å². The summed E-state index contributed by atoms with van der Waals surface area (Å²) in [6, 6.07) is 3.68. The van der Waals surface area contributed by atoms with Crippen molar-refractivity contribution in [2.24, 2.45) is 0 Å². The van der Waals surface area contributed by atoms with Crippen LogP contribution >= 0.6 is 0 Å². The Balaban J connectivity index is 2.13. The molecular formula is C12H16N4O. The second kappa shape index (κ2) is 5.02. The Morgan fingerprint density at radius 1 is 1.71 bits per heavy atom. The lowest BCUT2D eigenvalue weighted by molar-refractivity contribution is 0.116. The molecule has 1 aliphatic rings. The number of aromatic nitrogens is 1. The van der Waals surface area contributed by atoms with Crippen LogP contribution in [0.15, 0.2) is 12.3 Å². The van der Waals surface area contributed by atoms with Crippen molar-refractivity contribution in [2.75, 3.05) is 30.8 Å². The Morgan fingerprint density at radius 2 is 2.53 bits per heavy atom. The number of nitrogens with two attached hydrogens (primary N) is 1. The Kier molecular flexibility index (Phi) is 3.45. The SMILES string of the molecule is CN(CC1CCCO1)c1nccc(C#N)c1N. The number of nitrogen functional groups attached to an aromatic ring is 1. The highest BCUT2D eigenvalue weighted by Gasteiger charge is 2.19. The predicted octanol–water partition coefficient (Wildman–Crippen LogP) is 1.15. The zero-order valence-electron chi connectivity index (χ0n) is 9.89. The fourth-order valence-electron chi connectivity index (χ4n) is 2.04. The van der Waals surface area contributed by atoms with Crippen LogP contribution in [0.25, 0.3) is 0 Å². The third-order valence-electron chi connectivity index (χ3n) is 2.95. The fourth-order valence-corrected chi connectivity index (χ4v) is 2.04. The molecule has 2 rings (SSSR count). The van der Waals surface area contributed by atoms with Gasteiger partial charge in [-0.05, 0) is 18.9 Å². The lowest BCUT2D eigenvalue weighted by Crippen LogP contribution is -2.29. The summed E-state index contributed by atoms with van der Waals surface area (Å²) in [7, 11) is 1.92. The molecule has 0 aromatic carbocycles. The average Bonchev–Trinajstić information content (AvgIpc) is 2.82. The molecule has 1 aromatic rings. The first-order valence-corrected chi connectivity index (χ1v) is 5.69. The summed E-state index contributed by atoms with van der Waals surface area (Å²) >= 11 is 0. The summed E-state index contributed by atoms with van der Waals surface area (Å²) in [4.78, 5) is 6.17. The number of likely N-dealkylation sites (N-methyl/N-ethyl adjacent to an activating group) is 1. The minimum atomic E-state index is 0.243. The van der Waals surface area contributed by atoms with Gasteiger partial charge in [0.25, 0.3) is 0 Å². The standard InChI is InChI=1S/C12H16N4O/c1-16(8-10-3-2-6-17-10)12-11(14)9(7-13)4-5-15-12/h4-5,10H,2-3,6,8,14H2,1H3. The fraction of sp³-hybridized carbons (Fsp3) is 0.500. The summed E-state index contributed by atoms with van der Waals surface area (Å²) in [5.74, 6) is 0.652. The van der Waals surface area contributed by atoms with Gasteiger partial charge in [0.1, 0.15) is 6.07 Å². The molecule has 0 aliphatic carbocycles. The van der Waals surface area contributed by atoms with E-state index in [0.29, 0.717) is 17.1 Å². The van der Waals surface area contributed by atoms with Crippen LogP contribution in [0.5, 0.6) is 0 Å². The maximum Gasteiger partial charge on any atom is 0.152 e. The van der Waals surface area contributed by atoms with Crippen molar-refractivity contribution >= 4 is 11.5 Å². The number of pyridine rings is 1. The number of rotatable bonds is 3. The molecule has 0 amide bonds. The molecule has 0 spiro atoms. The van der Waals surface area contributed by atoms with Crippen LogP contribution in [0.2, 0.25) is 0 Å². The molecule has 2 N–H and O–H groups in total. The lowest BCUT2D eigenvalue weighted by Gasteiger charge is -2.23. The monoisotopic (exact) mass is 232 g/mol. The number of hydrogen-bond donors (Lipinski definition) is 1. The average molecular weight is 232 g/mol. The third-order valence-corrected chi connectivity index (χ3v) is 2.95. The molecule has 90 valence electrons. The van der Waals surface area contributed by atoms with Crippen molar-refractivity contribution in [2.45, 2.75) is 18.9 Å². The summed E-state index contributed by atoms with van der Waals surface area (Å²) < 4.78 is 5.57. The van der Waals surface area contributed by atoms with Crippen molar-refractivity contribution in [3.63, 3.8) is 0 Å². The van der Waals surface area contributed by atoms with Crippen LogP contribution < -0.4 is 10.6 Å². The molecule has 1 aromatic heterocycles. The predicted molar refractivity (Wildman–Crippen MR) is 65.6 cm³/mol. The van der Waals surface area contributed by atoms with E-state index in [1.807, 2.05) is 11.9 Å². The largest absolute Gasteiger partial charge is 0.395 e. The number of nitrogens with zero attached hydrogens (tertiary/aromatic N) is 3. The molecule has 5 heteroatoms. The molecule has 1 saturated heterocycles. The number of ether oxygens (including phenoxy) is 1. The zero-order valence-corrected chi connectivity index (χ0v) is 9.89. The summed E-state index contributed by atoms with van der Waals surface area (Å²) in [6.45, 7) is 1.59. The van der Waals surface area contributed by atoms with Gasteiger partial charge in [-0.3, -0.25) is 0 Å². The Hall–Kier alpha value is -1.80. The van der Waals surface area contributed by atoms with E-state index in [9.17, 15) is 0 Å². The molecule has 0 saturated carbocycles. The van der Waals surface area contributed by atoms with Gasteiger partial charge in [-0.25, -0.2) is 4.98 Å². The summed E-state index contributed by atoms with van der Waals surface area (Å²) in [5.41, 5.74) is 6.81. The minimum absolute atomic E-state index is 0.243. The third kappa shape index (κ3) is 2.48. The molecule has 5 nitrogen and oxygen atoms in total. The molecule has 0 bridgehead atoms. The van der Waals surface area contributed by atoms with Crippen molar-refractivity contribution < 1.29 is 4.74 Å². The highest BCUT2D eigenvalue weighted by molar-refractivity contribution is 5.69.